The molecule has 1 aliphatic carbocycles. The first-order valence-corrected chi connectivity index (χ1v) is 9.71. The largest absolute Gasteiger partial charge is 0.392 e. The smallest absolute Gasteiger partial charge is 0.255 e. The SMILES string of the molecule is O=C1CCC(N2Cc3cc(CN[C@H]4CCCC[C@@H]4O)ccc3C2=O)C(=O)N1. The Morgan fingerprint density at radius 3 is 2.74 bits per heavy atom. The van der Waals surface area contributed by atoms with Crippen LogP contribution in [0.2, 0.25) is 0 Å². The molecule has 0 bridgehead atoms. The van der Waals surface area contributed by atoms with E-state index in [1.165, 1.54) is 0 Å². The van der Waals surface area contributed by atoms with E-state index in [1.54, 1.807) is 4.90 Å². The minimum atomic E-state index is -0.582. The number of aliphatic hydroxyl groups is 1. The van der Waals surface area contributed by atoms with Gasteiger partial charge in [0.2, 0.25) is 11.8 Å². The molecule has 0 radical (unpaired) electrons. The molecule has 0 spiro atoms. The van der Waals surface area contributed by atoms with Crippen molar-refractivity contribution in [2.45, 2.75) is 69.8 Å². The number of rotatable bonds is 4. The van der Waals surface area contributed by atoms with Gasteiger partial charge in [0, 0.05) is 31.1 Å². The number of fused-ring (bicyclic) bond motifs is 1. The Kier molecular flexibility index (Phi) is 4.97. The summed E-state index contributed by atoms with van der Waals surface area (Å²) in [7, 11) is 0. The number of carbonyl (C=O) groups is 3. The number of hydrogen-bond acceptors (Lipinski definition) is 5. The zero-order chi connectivity index (χ0) is 19.0. The first-order chi connectivity index (χ1) is 13.0. The van der Waals surface area contributed by atoms with E-state index in [-0.39, 0.29) is 36.3 Å². The number of amides is 3. The lowest BCUT2D eigenvalue weighted by atomic mass is 9.92. The van der Waals surface area contributed by atoms with Gasteiger partial charge in [-0.15, -0.1) is 0 Å². The summed E-state index contributed by atoms with van der Waals surface area (Å²) in [5, 5.41) is 15.8. The van der Waals surface area contributed by atoms with E-state index in [0.29, 0.717) is 25.1 Å². The molecule has 3 atom stereocenters. The van der Waals surface area contributed by atoms with E-state index < -0.39 is 6.04 Å². The first-order valence-electron chi connectivity index (χ1n) is 9.71. The van der Waals surface area contributed by atoms with Crippen LogP contribution in [0.25, 0.3) is 0 Å². The average Bonchev–Trinajstić information content (AvgIpc) is 2.97. The molecule has 0 aromatic heterocycles. The summed E-state index contributed by atoms with van der Waals surface area (Å²) in [4.78, 5) is 37.7. The van der Waals surface area contributed by atoms with Crippen LogP contribution in [-0.4, -0.2) is 45.9 Å². The molecule has 3 amide bonds. The van der Waals surface area contributed by atoms with Crippen LogP contribution in [0.5, 0.6) is 0 Å². The van der Waals surface area contributed by atoms with Gasteiger partial charge in [0.15, 0.2) is 0 Å². The lowest BCUT2D eigenvalue weighted by Crippen LogP contribution is -2.52. The van der Waals surface area contributed by atoms with Gasteiger partial charge in [-0.05, 0) is 36.5 Å². The lowest BCUT2D eigenvalue weighted by molar-refractivity contribution is -0.136. The van der Waals surface area contributed by atoms with Crippen LogP contribution in [-0.2, 0) is 22.7 Å². The Morgan fingerprint density at radius 1 is 1.15 bits per heavy atom. The zero-order valence-electron chi connectivity index (χ0n) is 15.2. The van der Waals surface area contributed by atoms with Crippen LogP contribution in [0.15, 0.2) is 18.2 Å². The quantitative estimate of drug-likeness (QED) is 0.682. The topological polar surface area (TPSA) is 98.7 Å². The van der Waals surface area contributed by atoms with E-state index in [0.717, 1.165) is 36.8 Å². The molecule has 2 heterocycles. The van der Waals surface area contributed by atoms with Gasteiger partial charge in [0.1, 0.15) is 6.04 Å². The third-order valence-corrected chi connectivity index (χ3v) is 5.89. The minimum Gasteiger partial charge on any atom is -0.392 e. The molecule has 7 nitrogen and oxygen atoms in total. The molecule has 4 rings (SSSR count). The van der Waals surface area contributed by atoms with Crippen molar-refractivity contribution in [3.8, 4) is 0 Å². The fourth-order valence-electron chi connectivity index (χ4n) is 4.34. The summed E-state index contributed by atoms with van der Waals surface area (Å²) in [6.45, 7) is 1.03. The number of piperidine rings is 1. The summed E-state index contributed by atoms with van der Waals surface area (Å²) >= 11 is 0. The van der Waals surface area contributed by atoms with E-state index in [1.807, 2.05) is 18.2 Å². The van der Waals surface area contributed by atoms with Crippen molar-refractivity contribution in [1.29, 1.82) is 0 Å². The predicted octanol–water partition coefficient (Wildman–Crippen LogP) is 0.841. The van der Waals surface area contributed by atoms with Crippen LogP contribution < -0.4 is 10.6 Å². The molecule has 1 unspecified atom stereocenters. The van der Waals surface area contributed by atoms with Crippen molar-refractivity contribution in [2.24, 2.45) is 0 Å². The number of carbonyl (C=O) groups excluding carboxylic acids is 3. The highest BCUT2D eigenvalue weighted by atomic mass is 16.3. The molecule has 2 fully saturated rings. The van der Waals surface area contributed by atoms with Crippen molar-refractivity contribution >= 4 is 17.7 Å². The van der Waals surface area contributed by atoms with Gasteiger partial charge in [-0.25, -0.2) is 0 Å². The second-order valence-electron chi connectivity index (χ2n) is 7.73. The van der Waals surface area contributed by atoms with Crippen LogP contribution in [0, 0.1) is 0 Å². The maximum Gasteiger partial charge on any atom is 0.255 e. The highest BCUT2D eigenvalue weighted by Crippen LogP contribution is 2.28. The molecule has 1 saturated carbocycles. The van der Waals surface area contributed by atoms with E-state index >= 15 is 0 Å². The van der Waals surface area contributed by atoms with Gasteiger partial charge in [-0.1, -0.05) is 25.0 Å². The predicted molar refractivity (Wildman–Crippen MR) is 97.6 cm³/mol. The van der Waals surface area contributed by atoms with Crippen molar-refractivity contribution in [3.05, 3.63) is 34.9 Å². The van der Waals surface area contributed by atoms with Crippen molar-refractivity contribution < 1.29 is 19.5 Å². The molecule has 1 aromatic carbocycles. The summed E-state index contributed by atoms with van der Waals surface area (Å²) in [6, 6.07) is 5.28. The highest BCUT2D eigenvalue weighted by Gasteiger charge is 2.39. The van der Waals surface area contributed by atoms with Crippen LogP contribution in [0.1, 0.15) is 60.0 Å². The second kappa shape index (κ2) is 7.40. The highest BCUT2D eigenvalue weighted by molar-refractivity contribution is 6.05. The van der Waals surface area contributed by atoms with Gasteiger partial charge in [0.25, 0.3) is 5.91 Å². The van der Waals surface area contributed by atoms with Crippen molar-refractivity contribution in [1.82, 2.24) is 15.5 Å². The van der Waals surface area contributed by atoms with Gasteiger partial charge >= 0.3 is 0 Å². The number of nitrogens with one attached hydrogen (secondary N) is 2. The average molecular weight is 371 g/mol. The third kappa shape index (κ3) is 3.61. The number of nitrogens with zero attached hydrogens (tertiary/aromatic N) is 1. The maximum absolute atomic E-state index is 12.7. The third-order valence-electron chi connectivity index (χ3n) is 5.89. The molecule has 27 heavy (non-hydrogen) atoms. The van der Waals surface area contributed by atoms with Crippen molar-refractivity contribution in [2.75, 3.05) is 0 Å². The fraction of sp³-hybridized carbons (Fsp3) is 0.550. The van der Waals surface area contributed by atoms with Gasteiger partial charge in [0.05, 0.1) is 6.10 Å². The number of imide groups is 1. The molecular formula is C20H25N3O4. The normalized spacial score (nSPS) is 28.3. The van der Waals surface area contributed by atoms with E-state index in [9.17, 15) is 19.5 Å². The number of hydrogen-bond donors (Lipinski definition) is 3. The molecule has 2 aliphatic heterocycles. The molecule has 1 aromatic rings. The monoisotopic (exact) mass is 371 g/mol. The molecule has 1 saturated heterocycles. The van der Waals surface area contributed by atoms with E-state index in [4.69, 9.17) is 0 Å². The Balaban J connectivity index is 1.43. The van der Waals surface area contributed by atoms with Crippen LogP contribution >= 0.6 is 0 Å². The Hall–Kier alpha value is -2.25. The summed E-state index contributed by atoms with van der Waals surface area (Å²) < 4.78 is 0. The Morgan fingerprint density at radius 2 is 1.96 bits per heavy atom. The van der Waals surface area contributed by atoms with E-state index in [2.05, 4.69) is 10.6 Å². The molecule has 144 valence electrons. The second-order valence-corrected chi connectivity index (χ2v) is 7.73. The number of benzene rings is 1. The Bertz CT molecular complexity index is 778. The minimum absolute atomic E-state index is 0.119. The molecule has 7 heteroatoms. The summed E-state index contributed by atoms with van der Waals surface area (Å²) in [5.41, 5.74) is 2.60. The molecule has 3 N–H and O–H groups in total. The lowest BCUT2D eigenvalue weighted by Gasteiger charge is -2.29. The molecule has 3 aliphatic rings. The summed E-state index contributed by atoms with van der Waals surface area (Å²) in [5.74, 6) is -0.819. The fourth-order valence-corrected chi connectivity index (χ4v) is 4.34. The standard InChI is InChI=1S/C20H25N3O4/c24-17-4-2-1-3-15(17)21-10-12-5-6-14-13(9-12)11-23(20(14)27)16-7-8-18(25)22-19(16)26/h5-6,9,15-17,21,24H,1-4,7-8,10-11H2,(H,22,25,26)/t15-,16?,17-/m0/s1. The number of aliphatic hydroxyl groups excluding tert-OH is 1. The Labute approximate surface area is 158 Å². The maximum atomic E-state index is 12.7. The van der Waals surface area contributed by atoms with Gasteiger partial charge in [-0.3, -0.25) is 19.7 Å². The van der Waals surface area contributed by atoms with Gasteiger partial charge in [-0.2, -0.15) is 0 Å². The molecular weight excluding hydrogens is 346 g/mol. The van der Waals surface area contributed by atoms with Crippen LogP contribution in [0.4, 0.5) is 0 Å². The van der Waals surface area contributed by atoms with Crippen LogP contribution in [0.3, 0.4) is 0 Å². The summed E-state index contributed by atoms with van der Waals surface area (Å²) in [6.07, 6.45) is 4.38. The van der Waals surface area contributed by atoms with Gasteiger partial charge < -0.3 is 15.3 Å². The zero-order valence-corrected chi connectivity index (χ0v) is 15.2. The first kappa shape index (κ1) is 18.1. The van der Waals surface area contributed by atoms with Crippen molar-refractivity contribution in [3.63, 3.8) is 0 Å².